The van der Waals surface area contributed by atoms with Crippen LogP contribution in [0.3, 0.4) is 0 Å². The number of ether oxygens (including phenoxy) is 2. The molecular weight excluding hydrogens is 555 g/mol. The number of nitrogens with one attached hydrogen (secondary N) is 1. The Balaban J connectivity index is 1.64. The predicted molar refractivity (Wildman–Crippen MR) is 146 cm³/mol. The van der Waals surface area contributed by atoms with Gasteiger partial charge in [-0.1, -0.05) is 59.8 Å². The smallest absolute Gasteiger partial charge is 0.509 e. The quantitative estimate of drug-likeness (QED) is 0.319. The van der Waals surface area contributed by atoms with Gasteiger partial charge in [0.05, 0.1) is 18.8 Å². The highest BCUT2D eigenvalue weighted by Crippen LogP contribution is 2.51. The summed E-state index contributed by atoms with van der Waals surface area (Å²) >= 11 is 0. The SMILES string of the molecule is CCNC(=O)c1noc(C2(OC(F)(F)F)CC(c3ccccc3)=C(O)C=C2O)c1-c1ccc(CN2CCOCC2)cc1. The minimum absolute atomic E-state index is 0.0698. The molecule has 1 aliphatic carbocycles. The van der Waals surface area contributed by atoms with Crippen LogP contribution >= 0.6 is 0 Å². The van der Waals surface area contributed by atoms with Crippen molar-refractivity contribution >= 4 is 11.5 Å². The van der Waals surface area contributed by atoms with Crippen molar-refractivity contribution in [2.24, 2.45) is 0 Å². The second-order valence-electron chi connectivity index (χ2n) is 9.99. The number of hydrogen-bond acceptors (Lipinski definition) is 8. The van der Waals surface area contributed by atoms with Crippen LogP contribution in [0.5, 0.6) is 0 Å². The number of carbonyl (C=O) groups is 1. The van der Waals surface area contributed by atoms with Gasteiger partial charge in [0.1, 0.15) is 11.5 Å². The van der Waals surface area contributed by atoms with Gasteiger partial charge in [0.15, 0.2) is 17.1 Å². The standard InChI is InChI=1S/C30H30F3N3O6/c1-2-34-28(39)26-25(21-10-8-19(9-11-21)18-36-12-14-40-15-13-36)27(41-35-26)29(42-30(31,32)33)17-22(23(37)16-24(29)38)20-6-4-3-5-7-20/h3-11,16,37-38H,2,12-15,17-18H2,1H3,(H,34,39). The van der Waals surface area contributed by atoms with Gasteiger partial charge >= 0.3 is 6.36 Å². The van der Waals surface area contributed by atoms with E-state index >= 15 is 0 Å². The van der Waals surface area contributed by atoms with E-state index in [4.69, 9.17) is 9.26 Å². The number of nitrogens with zero attached hydrogens (tertiary/aromatic N) is 2. The van der Waals surface area contributed by atoms with Crippen molar-refractivity contribution in [3.63, 3.8) is 0 Å². The number of halogens is 3. The lowest BCUT2D eigenvalue weighted by Crippen LogP contribution is -2.40. The van der Waals surface area contributed by atoms with Gasteiger partial charge in [-0.05, 0) is 23.6 Å². The van der Waals surface area contributed by atoms with E-state index in [1.807, 2.05) is 0 Å². The van der Waals surface area contributed by atoms with Crippen LogP contribution in [0.2, 0.25) is 0 Å². The molecule has 9 nitrogen and oxygen atoms in total. The van der Waals surface area contributed by atoms with E-state index < -0.39 is 41.6 Å². The summed E-state index contributed by atoms with van der Waals surface area (Å²) in [6.07, 6.45) is -5.13. The number of alkyl halides is 3. The van der Waals surface area contributed by atoms with Crippen LogP contribution in [0.15, 0.2) is 76.7 Å². The number of aromatic nitrogens is 1. The van der Waals surface area contributed by atoms with Gasteiger partial charge in [-0.15, -0.1) is 13.2 Å². The average molecular weight is 586 g/mol. The van der Waals surface area contributed by atoms with Crippen molar-refractivity contribution in [2.45, 2.75) is 31.9 Å². The Morgan fingerprint density at radius 3 is 2.40 bits per heavy atom. The second kappa shape index (κ2) is 12.0. The molecule has 12 heteroatoms. The van der Waals surface area contributed by atoms with Crippen LogP contribution in [0.4, 0.5) is 13.2 Å². The first-order valence-electron chi connectivity index (χ1n) is 13.4. The van der Waals surface area contributed by atoms with Crippen molar-refractivity contribution in [3.8, 4) is 11.1 Å². The molecule has 0 saturated carbocycles. The third-order valence-corrected chi connectivity index (χ3v) is 7.20. The highest BCUT2D eigenvalue weighted by Gasteiger charge is 2.55. The van der Waals surface area contributed by atoms with Gasteiger partial charge in [0.25, 0.3) is 5.91 Å². The highest BCUT2D eigenvalue weighted by atomic mass is 19.4. The first-order chi connectivity index (χ1) is 20.1. The van der Waals surface area contributed by atoms with Crippen LogP contribution in [-0.2, 0) is 21.6 Å². The van der Waals surface area contributed by atoms with Gasteiger partial charge in [-0.25, -0.2) is 0 Å². The monoisotopic (exact) mass is 585 g/mol. The van der Waals surface area contributed by atoms with Crippen molar-refractivity contribution in [2.75, 3.05) is 32.8 Å². The number of aliphatic hydroxyl groups is 2. The summed E-state index contributed by atoms with van der Waals surface area (Å²) in [6.45, 7) is 5.35. The molecule has 3 aromatic rings. The third kappa shape index (κ3) is 6.06. The average Bonchev–Trinajstić information content (AvgIpc) is 3.42. The van der Waals surface area contributed by atoms with E-state index in [1.54, 1.807) is 61.5 Å². The van der Waals surface area contributed by atoms with E-state index in [0.717, 1.165) is 24.7 Å². The zero-order chi connectivity index (χ0) is 29.9. The molecule has 1 saturated heterocycles. The van der Waals surface area contributed by atoms with Crippen LogP contribution in [0, 0.1) is 0 Å². The topological polar surface area (TPSA) is 117 Å². The number of morpholine rings is 1. The molecule has 0 spiro atoms. The lowest BCUT2D eigenvalue weighted by Gasteiger charge is -2.35. The highest BCUT2D eigenvalue weighted by molar-refractivity contribution is 5.99. The Labute approximate surface area is 239 Å². The Morgan fingerprint density at radius 2 is 1.76 bits per heavy atom. The van der Waals surface area contributed by atoms with E-state index in [0.29, 0.717) is 30.9 Å². The van der Waals surface area contributed by atoms with Crippen molar-refractivity contribution in [1.82, 2.24) is 15.4 Å². The summed E-state index contributed by atoms with van der Waals surface area (Å²) < 4.78 is 57.8. The molecule has 0 bridgehead atoms. The summed E-state index contributed by atoms with van der Waals surface area (Å²) in [5.41, 5.74) is -1.29. The third-order valence-electron chi connectivity index (χ3n) is 7.20. The number of allylic oxidation sites excluding steroid dienone is 1. The molecular formula is C30H30F3N3O6. The van der Waals surface area contributed by atoms with Gasteiger partial charge in [0.2, 0.25) is 0 Å². The maximum atomic E-state index is 14.1. The first-order valence-corrected chi connectivity index (χ1v) is 13.4. The summed E-state index contributed by atoms with van der Waals surface area (Å²) in [5, 5.41) is 28.2. The maximum Gasteiger partial charge on any atom is 0.523 e. The fraction of sp³-hybridized carbons (Fsp3) is 0.333. The van der Waals surface area contributed by atoms with Crippen molar-refractivity contribution in [1.29, 1.82) is 0 Å². The van der Waals surface area contributed by atoms with Crippen LogP contribution < -0.4 is 5.32 Å². The maximum absolute atomic E-state index is 14.1. The molecule has 1 fully saturated rings. The molecule has 1 amide bonds. The fourth-order valence-corrected chi connectivity index (χ4v) is 5.21. The second-order valence-corrected chi connectivity index (χ2v) is 9.99. The first kappa shape index (κ1) is 29.4. The van der Waals surface area contributed by atoms with Crippen LogP contribution in [-0.4, -0.2) is 65.4 Å². The van der Waals surface area contributed by atoms with E-state index in [9.17, 15) is 28.2 Å². The minimum atomic E-state index is -5.26. The molecule has 2 aromatic carbocycles. The summed E-state index contributed by atoms with van der Waals surface area (Å²) in [7, 11) is 0. The molecule has 1 aromatic heterocycles. The molecule has 5 rings (SSSR count). The zero-order valence-corrected chi connectivity index (χ0v) is 22.8. The molecule has 3 N–H and O–H groups in total. The summed E-state index contributed by atoms with van der Waals surface area (Å²) in [4.78, 5) is 15.2. The Kier molecular flexibility index (Phi) is 8.39. The van der Waals surface area contributed by atoms with Gasteiger partial charge in [0, 0.05) is 44.2 Å². The Hall–Kier alpha value is -4.13. The van der Waals surface area contributed by atoms with E-state index in [2.05, 4.69) is 20.1 Å². The molecule has 1 unspecified atom stereocenters. The fourth-order valence-electron chi connectivity index (χ4n) is 5.21. The minimum Gasteiger partial charge on any atom is -0.509 e. The number of rotatable bonds is 8. The molecule has 42 heavy (non-hydrogen) atoms. The lowest BCUT2D eigenvalue weighted by molar-refractivity contribution is -0.369. The number of aliphatic hydroxyl groups excluding tert-OH is 2. The number of carbonyl (C=O) groups excluding carboxylic acids is 1. The number of amides is 1. The molecule has 2 heterocycles. The normalized spacial score (nSPS) is 20.0. The summed E-state index contributed by atoms with van der Waals surface area (Å²) in [5.74, 6) is -2.60. The van der Waals surface area contributed by atoms with Crippen LogP contribution in [0.1, 0.15) is 40.7 Å². The lowest BCUT2D eigenvalue weighted by atomic mass is 9.79. The van der Waals surface area contributed by atoms with Crippen molar-refractivity contribution < 1.29 is 42.2 Å². The zero-order valence-electron chi connectivity index (χ0n) is 22.8. The van der Waals surface area contributed by atoms with Gasteiger partial charge < -0.3 is 24.8 Å². The molecule has 0 radical (unpaired) electrons. The molecule has 222 valence electrons. The summed E-state index contributed by atoms with van der Waals surface area (Å²) in [6, 6.07) is 15.2. The predicted octanol–water partition coefficient (Wildman–Crippen LogP) is 5.47. The van der Waals surface area contributed by atoms with Gasteiger partial charge in [-0.2, -0.15) is 0 Å². The largest absolute Gasteiger partial charge is 0.523 e. The molecule has 2 aliphatic rings. The Morgan fingerprint density at radius 1 is 1.07 bits per heavy atom. The molecule has 1 aliphatic heterocycles. The van der Waals surface area contributed by atoms with Crippen molar-refractivity contribution in [3.05, 3.63) is 94.8 Å². The Bertz CT molecular complexity index is 1480. The van der Waals surface area contributed by atoms with Crippen LogP contribution in [0.25, 0.3) is 16.7 Å². The van der Waals surface area contributed by atoms with E-state index in [1.165, 1.54) is 0 Å². The number of hydrogen-bond donors (Lipinski definition) is 3. The van der Waals surface area contributed by atoms with Gasteiger partial charge in [-0.3, -0.25) is 14.4 Å². The number of benzene rings is 2. The van der Waals surface area contributed by atoms with E-state index in [-0.39, 0.29) is 23.4 Å². The molecule has 1 atom stereocenters.